The van der Waals surface area contributed by atoms with Crippen LogP contribution in [0.3, 0.4) is 0 Å². The van der Waals surface area contributed by atoms with Crippen molar-refractivity contribution < 1.29 is 0 Å². The molecule has 0 saturated heterocycles. The normalized spacial score (nSPS) is 13.4. The standard InChI is InChI=1S/C47H29N3/c1-3-14-30(15-4-1)41-29-42(49-46(48-41)31-16-5-2-6-17-31)32-26-27-39-44(28-32)50-43-25-12-9-20-35(43)36-21-13-24-40(45(36)50)47(39)37-22-10-7-18-33(37)34-19-8-11-23-38(34)47/h1-29H. The van der Waals surface area contributed by atoms with Crippen molar-refractivity contribution in [3.05, 3.63) is 198 Å². The van der Waals surface area contributed by atoms with E-state index in [-0.39, 0.29) is 0 Å². The molecule has 1 aliphatic heterocycles. The summed E-state index contributed by atoms with van der Waals surface area (Å²) < 4.78 is 2.50. The van der Waals surface area contributed by atoms with E-state index in [4.69, 9.17) is 9.97 Å². The van der Waals surface area contributed by atoms with Crippen LogP contribution in [0.5, 0.6) is 0 Å². The van der Waals surface area contributed by atoms with Crippen molar-refractivity contribution in [2.24, 2.45) is 0 Å². The van der Waals surface area contributed by atoms with Gasteiger partial charge in [-0.15, -0.1) is 0 Å². The van der Waals surface area contributed by atoms with Gasteiger partial charge >= 0.3 is 0 Å². The van der Waals surface area contributed by atoms with Gasteiger partial charge in [0.05, 0.1) is 33.5 Å². The second-order valence-corrected chi connectivity index (χ2v) is 13.3. The van der Waals surface area contributed by atoms with Crippen molar-refractivity contribution in [2.45, 2.75) is 5.41 Å². The van der Waals surface area contributed by atoms with Crippen LogP contribution in [0.4, 0.5) is 0 Å². The molecule has 3 heteroatoms. The first-order valence-corrected chi connectivity index (χ1v) is 17.2. The Balaban J connectivity index is 1.26. The largest absolute Gasteiger partial charge is 0.309 e. The number of benzene rings is 7. The van der Waals surface area contributed by atoms with Gasteiger partial charge in [0.25, 0.3) is 0 Å². The molecule has 11 rings (SSSR count). The molecule has 7 aromatic carbocycles. The molecule has 1 spiro atoms. The number of fused-ring (bicyclic) bond motifs is 12. The van der Waals surface area contributed by atoms with Crippen LogP contribution in [0.25, 0.3) is 72.5 Å². The highest BCUT2D eigenvalue weighted by atomic mass is 15.0. The minimum atomic E-state index is -0.471. The highest BCUT2D eigenvalue weighted by Crippen LogP contribution is 2.61. The van der Waals surface area contributed by atoms with Crippen molar-refractivity contribution in [1.82, 2.24) is 14.5 Å². The summed E-state index contributed by atoms with van der Waals surface area (Å²) in [5.41, 5.74) is 16.0. The van der Waals surface area contributed by atoms with E-state index in [0.29, 0.717) is 5.82 Å². The van der Waals surface area contributed by atoms with Crippen LogP contribution in [0.2, 0.25) is 0 Å². The highest BCUT2D eigenvalue weighted by molar-refractivity contribution is 6.13. The molecule has 50 heavy (non-hydrogen) atoms. The van der Waals surface area contributed by atoms with Gasteiger partial charge < -0.3 is 4.57 Å². The Bertz CT molecular complexity index is 2710. The topological polar surface area (TPSA) is 30.7 Å². The summed E-state index contributed by atoms with van der Waals surface area (Å²) in [6.45, 7) is 0. The Morgan fingerprint density at radius 3 is 1.72 bits per heavy atom. The van der Waals surface area contributed by atoms with Gasteiger partial charge in [0.15, 0.2) is 5.82 Å². The fraction of sp³-hybridized carbons (Fsp3) is 0.0213. The van der Waals surface area contributed by atoms with E-state index in [1.807, 2.05) is 24.3 Å². The Morgan fingerprint density at radius 2 is 0.980 bits per heavy atom. The van der Waals surface area contributed by atoms with E-state index in [9.17, 15) is 0 Å². The average Bonchev–Trinajstić information content (AvgIpc) is 3.69. The van der Waals surface area contributed by atoms with Gasteiger partial charge in [-0.05, 0) is 51.6 Å². The van der Waals surface area contributed by atoms with Crippen molar-refractivity contribution in [3.63, 3.8) is 0 Å². The molecule has 9 aromatic rings. The SMILES string of the molecule is c1ccc(-c2cc(-c3ccc4c(c3)-n3c5ccccc5c5cccc(c53)C43c4ccccc4-c4ccccc43)nc(-c3ccccc3)n2)cc1. The molecule has 0 saturated carbocycles. The summed E-state index contributed by atoms with van der Waals surface area (Å²) in [7, 11) is 0. The molecule has 232 valence electrons. The molecule has 0 radical (unpaired) electrons. The van der Waals surface area contributed by atoms with Crippen molar-refractivity contribution >= 4 is 21.8 Å². The van der Waals surface area contributed by atoms with E-state index >= 15 is 0 Å². The quantitative estimate of drug-likeness (QED) is 0.193. The number of para-hydroxylation sites is 2. The minimum absolute atomic E-state index is 0.471. The molecular formula is C47H29N3. The van der Waals surface area contributed by atoms with Gasteiger partial charge in [-0.1, -0.05) is 158 Å². The third-order valence-corrected chi connectivity index (χ3v) is 10.8. The molecule has 3 nitrogen and oxygen atoms in total. The van der Waals surface area contributed by atoms with Gasteiger partial charge in [-0.25, -0.2) is 9.97 Å². The number of rotatable bonds is 3. The third-order valence-electron chi connectivity index (χ3n) is 10.8. The summed E-state index contributed by atoms with van der Waals surface area (Å²) >= 11 is 0. The van der Waals surface area contributed by atoms with E-state index in [2.05, 4.69) is 156 Å². The molecule has 0 unspecified atom stereocenters. The lowest BCUT2D eigenvalue weighted by molar-refractivity contribution is 0.748. The van der Waals surface area contributed by atoms with Crippen LogP contribution in [-0.2, 0) is 5.41 Å². The predicted molar refractivity (Wildman–Crippen MR) is 204 cm³/mol. The van der Waals surface area contributed by atoms with Gasteiger partial charge in [0.1, 0.15) is 0 Å². The number of nitrogens with zero attached hydrogens (tertiary/aromatic N) is 3. The summed E-state index contributed by atoms with van der Waals surface area (Å²) in [6, 6.07) is 63.6. The van der Waals surface area contributed by atoms with Crippen LogP contribution in [0.1, 0.15) is 22.3 Å². The zero-order valence-corrected chi connectivity index (χ0v) is 27.1. The fourth-order valence-electron chi connectivity index (χ4n) is 8.79. The van der Waals surface area contributed by atoms with Crippen LogP contribution in [0, 0.1) is 0 Å². The predicted octanol–water partition coefficient (Wildman–Crippen LogP) is 11.3. The molecule has 2 aromatic heterocycles. The summed E-state index contributed by atoms with van der Waals surface area (Å²) in [4.78, 5) is 10.3. The fourth-order valence-corrected chi connectivity index (χ4v) is 8.79. The lowest BCUT2D eigenvalue weighted by Crippen LogP contribution is -2.33. The number of hydrogen-bond acceptors (Lipinski definition) is 2. The van der Waals surface area contributed by atoms with Crippen molar-refractivity contribution in [2.75, 3.05) is 0 Å². The maximum Gasteiger partial charge on any atom is 0.160 e. The first-order valence-electron chi connectivity index (χ1n) is 17.2. The molecule has 0 fully saturated rings. The molecule has 1 aliphatic carbocycles. The Morgan fingerprint density at radius 1 is 0.400 bits per heavy atom. The lowest BCUT2D eigenvalue weighted by Gasteiger charge is -2.39. The maximum atomic E-state index is 5.23. The highest BCUT2D eigenvalue weighted by Gasteiger charge is 2.50. The van der Waals surface area contributed by atoms with Crippen LogP contribution >= 0.6 is 0 Å². The zero-order chi connectivity index (χ0) is 32.8. The Hall–Kier alpha value is -6.58. The third kappa shape index (κ3) is 3.58. The minimum Gasteiger partial charge on any atom is -0.309 e. The van der Waals surface area contributed by atoms with Crippen LogP contribution in [0.15, 0.2) is 176 Å². The average molecular weight is 636 g/mol. The van der Waals surface area contributed by atoms with E-state index < -0.39 is 5.41 Å². The second-order valence-electron chi connectivity index (χ2n) is 13.3. The first-order chi connectivity index (χ1) is 24.8. The van der Waals surface area contributed by atoms with Crippen LogP contribution in [-0.4, -0.2) is 14.5 Å². The number of aromatic nitrogens is 3. The molecule has 0 bridgehead atoms. The summed E-state index contributed by atoms with van der Waals surface area (Å²) in [5, 5.41) is 2.53. The molecule has 0 N–H and O–H groups in total. The first kappa shape index (κ1) is 27.4. The van der Waals surface area contributed by atoms with E-state index in [1.165, 1.54) is 60.9 Å². The zero-order valence-electron chi connectivity index (χ0n) is 27.1. The van der Waals surface area contributed by atoms with Gasteiger partial charge in [0, 0.05) is 27.5 Å². The smallest absolute Gasteiger partial charge is 0.160 e. The van der Waals surface area contributed by atoms with E-state index in [0.717, 1.165) is 28.1 Å². The van der Waals surface area contributed by atoms with Crippen molar-refractivity contribution in [3.8, 4) is 50.7 Å². The molecular weight excluding hydrogens is 607 g/mol. The van der Waals surface area contributed by atoms with Gasteiger partial charge in [0.2, 0.25) is 0 Å². The Kier molecular flexibility index (Phi) is 5.59. The van der Waals surface area contributed by atoms with Crippen molar-refractivity contribution in [1.29, 1.82) is 0 Å². The maximum absolute atomic E-state index is 5.23. The molecule has 0 amide bonds. The van der Waals surface area contributed by atoms with Gasteiger partial charge in [-0.2, -0.15) is 0 Å². The van der Waals surface area contributed by atoms with E-state index in [1.54, 1.807) is 0 Å². The lowest BCUT2D eigenvalue weighted by atomic mass is 9.65. The number of hydrogen-bond donors (Lipinski definition) is 0. The summed E-state index contributed by atoms with van der Waals surface area (Å²) in [6.07, 6.45) is 0. The molecule has 3 heterocycles. The summed E-state index contributed by atoms with van der Waals surface area (Å²) in [5.74, 6) is 0.717. The van der Waals surface area contributed by atoms with Gasteiger partial charge in [-0.3, -0.25) is 0 Å². The van der Waals surface area contributed by atoms with Crippen LogP contribution < -0.4 is 0 Å². The Labute approximate surface area is 289 Å². The second kappa shape index (κ2) is 10.2. The molecule has 0 atom stereocenters. The monoisotopic (exact) mass is 635 g/mol. The molecule has 2 aliphatic rings.